The standard InChI is InChI=1S/C12H11F3N2O2/c1-19-10(18)4-7-2-8(5-16)11(12(13,14)15)9(3-7)6-17/h2-3H,4-5,16H2,1H3. The molecule has 2 N–H and O–H groups in total. The second-order valence-electron chi connectivity index (χ2n) is 3.74. The molecule has 0 aromatic heterocycles. The summed E-state index contributed by atoms with van der Waals surface area (Å²) in [5.41, 5.74) is 3.72. The van der Waals surface area contributed by atoms with Gasteiger partial charge in [0.05, 0.1) is 30.7 Å². The molecule has 0 aliphatic carbocycles. The number of nitrogens with zero attached hydrogens (tertiary/aromatic N) is 1. The maximum Gasteiger partial charge on any atom is 0.417 e. The lowest BCUT2D eigenvalue weighted by Gasteiger charge is -2.15. The number of hydrogen-bond acceptors (Lipinski definition) is 4. The largest absolute Gasteiger partial charge is 0.469 e. The lowest BCUT2D eigenvalue weighted by atomic mass is 9.96. The Morgan fingerprint density at radius 2 is 2.11 bits per heavy atom. The number of carbonyl (C=O) groups excluding carboxylic acids is 1. The van der Waals surface area contributed by atoms with Crippen LogP contribution in [0.4, 0.5) is 13.2 Å². The fourth-order valence-electron chi connectivity index (χ4n) is 1.69. The quantitative estimate of drug-likeness (QED) is 0.850. The van der Waals surface area contributed by atoms with Crippen molar-refractivity contribution in [3.8, 4) is 6.07 Å². The van der Waals surface area contributed by atoms with E-state index >= 15 is 0 Å². The van der Waals surface area contributed by atoms with E-state index < -0.39 is 23.3 Å². The van der Waals surface area contributed by atoms with Crippen LogP contribution in [0.2, 0.25) is 0 Å². The van der Waals surface area contributed by atoms with Gasteiger partial charge in [-0.25, -0.2) is 0 Å². The van der Waals surface area contributed by atoms with Crippen molar-refractivity contribution >= 4 is 5.97 Å². The number of alkyl halides is 3. The van der Waals surface area contributed by atoms with Crippen molar-refractivity contribution in [2.24, 2.45) is 5.73 Å². The fourth-order valence-corrected chi connectivity index (χ4v) is 1.69. The fraction of sp³-hybridized carbons (Fsp3) is 0.333. The molecule has 1 aromatic rings. The van der Waals surface area contributed by atoms with E-state index in [9.17, 15) is 18.0 Å². The summed E-state index contributed by atoms with van der Waals surface area (Å²) < 4.78 is 43.0. The number of nitriles is 1. The molecule has 0 amide bonds. The molecule has 19 heavy (non-hydrogen) atoms. The number of carbonyl (C=O) groups is 1. The molecule has 0 aliphatic heterocycles. The number of methoxy groups -OCH3 is 1. The molecule has 1 aromatic carbocycles. The van der Waals surface area contributed by atoms with Crippen LogP contribution in [0.3, 0.4) is 0 Å². The molecule has 0 aliphatic rings. The van der Waals surface area contributed by atoms with Gasteiger partial charge in [-0.2, -0.15) is 18.4 Å². The Bertz CT molecular complexity index is 533. The van der Waals surface area contributed by atoms with Crippen LogP contribution in [-0.2, 0) is 28.7 Å². The topological polar surface area (TPSA) is 76.1 Å². The van der Waals surface area contributed by atoms with Gasteiger partial charge in [0, 0.05) is 6.54 Å². The Morgan fingerprint density at radius 3 is 2.53 bits per heavy atom. The minimum absolute atomic E-state index is 0.212. The molecule has 102 valence electrons. The smallest absolute Gasteiger partial charge is 0.417 e. The van der Waals surface area contributed by atoms with Crippen molar-refractivity contribution in [2.75, 3.05) is 7.11 Å². The highest BCUT2D eigenvalue weighted by molar-refractivity contribution is 5.72. The van der Waals surface area contributed by atoms with Crippen LogP contribution >= 0.6 is 0 Å². The highest BCUT2D eigenvalue weighted by Crippen LogP contribution is 2.35. The first-order valence-corrected chi connectivity index (χ1v) is 5.23. The van der Waals surface area contributed by atoms with Gasteiger partial charge in [0.1, 0.15) is 0 Å². The van der Waals surface area contributed by atoms with Gasteiger partial charge in [-0.05, 0) is 17.2 Å². The summed E-state index contributed by atoms with van der Waals surface area (Å²) in [5, 5.41) is 8.81. The third-order valence-corrected chi connectivity index (χ3v) is 2.48. The summed E-state index contributed by atoms with van der Waals surface area (Å²) in [7, 11) is 1.17. The number of hydrogen-bond donors (Lipinski definition) is 1. The molecule has 4 nitrogen and oxygen atoms in total. The molecule has 0 saturated heterocycles. The lowest BCUT2D eigenvalue weighted by Crippen LogP contribution is -2.16. The molecule has 0 saturated carbocycles. The minimum atomic E-state index is -4.66. The van der Waals surface area contributed by atoms with E-state index in [0.717, 1.165) is 6.07 Å². The third kappa shape index (κ3) is 3.45. The number of benzene rings is 1. The van der Waals surface area contributed by atoms with Crippen molar-refractivity contribution in [2.45, 2.75) is 19.1 Å². The predicted octanol–water partition coefficient (Wildman–Crippen LogP) is 1.75. The second kappa shape index (κ2) is 5.71. The summed E-state index contributed by atoms with van der Waals surface area (Å²) in [6.45, 7) is -0.376. The molecule has 1 rings (SSSR count). The Labute approximate surface area is 107 Å². The number of ether oxygens (including phenoxy) is 1. The van der Waals surface area contributed by atoms with Gasteiger partial charge in [-0.15, -0.1) is 0 Å². The normalized spacial score (nSPS) is 10.9. The number of nitrogens with two attached hydrogens (primary N) is 1. The molecule has 0 heterocycles. The summed E-state index contributed by atoms with van der Waals surface area (Å²) in [6, 6.07) is 3.67. The summed E-state index contributed by atoms with van der Waals surface area (Å²) >= 11 is 0. The first kappa shape index (κ1) is 15.0. The van der Waals surface area contributed by atoms with Gasteiger partial charge in [-0.1, -0.05) is 6.07 Å². The van der Waals surface area contributed by atoms with Crippen LogP contribution in [0.5, 0.6) is 0 Å². The van der Waals surface area contributed by atoms with E-state index in [2.05, 4.69) is 4.74 Å². The molecular weight excluding hydrogens is 261 g/mol. The highest BCUT2D eigenvalue weighted by Gasteiger charge is 2.36. The first-order chi connectivity index (χ1) is 8.83. The molecule has 0 spiro atoms. The van der Waals surface area contributed by atoms with Crippen LogP contribution in [0.15, 0.2) is 12.1 Å². The van der Waals surface area contributed by atoms with Crippen molar-refractivity contribution in [1.82, 2.24) is 0 Å². The zero-order valence-electron chi connectivity index (χ0n) is 10.0. The van der Waals surface area contributed by atoms with E-state index in [1.165, 1.54) is 19.2 Å². The van der Waals surface area contributed by atoms with Gasteiger partial charge in [0.25, 0.3) is 0 Å². The summed E-state index contributed by atoms with van der Waals surface area (Å²) in [6.07, 6.45) is -4.88. The van der Waals surface area contributed by atoms with E-state index in [0.29, 0.717) is 0 Å². The average Bonchev–Trinajstić information content (AvgIpc) is 2.35. The maximum atomic E-state index is 12.8. The van der Waals surface area contributed by atoms with Crippen LogP contribution < -0.4 is 5.73 Å². The third-order valence-electron chi connectivity index (χ3n) is 2.48. The Kier molecular flexibility index (Phi) is 4.51. The number of esters is 1. The van der Waals surface area contributed by atoms with Crippen LogP contribution in [0.1, 0.15) is 22.3 Å². The van der Waals surface area contributed by atoms with Crippen LogP contribution in [0, 0.1) is 11.3 Å². The molecule has 0 radical (unpaired) electrons. The lowest BCUT2D eigenvalue weighted by molar-refractivity contribution is -0.139. The second-order valence-corrected chi connectivity index (χ2v) is 3.74. The maximum absolute atomic E-state index is 12.8. The van der Waals surface area contributed by atoms with E-state index in [4.69, 9.17) is 11.0 Å². The van der Waals surface area contributed by atoms with Crippen LogP contribution in [0.25, 0.3) is 0 Å². The van der Waals surface area contributed by atoms with E-state index in [-0.39, 0.29) is 24.1 Å². The highest BCUT2D eigenvalue weighted by atomic mass is 19.4. The minimum Gasteiger partial charge on any atom is -0.469 e. The predicted molar refractivity (Wildman–Crippen MR) is 59.8 cm³/mol. The zero-order chi connectivity index (χ0) is 14.6. The number of rotatable bonds is 3. The molecular formula is C12H11F3N2O2. The van der Waals surface area contributed by atoms with E-state index in [1.54, 1.807) is 0 Å². The molecule has 0 atom stereocenters. The monoisotopic (exact) mass is 272 g/mol. The summed E-state index contributed by atoms with van der Waals surface area (Å²) in [4.78, 5) is 11.1. The number of halogens is 3. The van der Waals surface area contributed by atoms with Crippen LogP contribution in [-0.4, -0.2) is 13.1 Å². The van der Waals surface area contributed by atoms with E-state index in [1.807, 2.05) is 0 Å². The Balaban J connectivity index is 3.38. The summed E-state index contributed by atoms with van der Waals surface area (Å²) in [5.74, 6) is -0.605. The van der Waals surface area contributed by atoms with Gasteiger partial charge in [0.2, 0.25) is 0 Å². The average molecular weight is 272 g/mol. The molecule has 0 fully saturated rings. The molecule has 0 bridgehead atoms. The molecule has 7 heteroatoms. The molecule has 0 unspecified atom stereocenters. The zero-order valence-corrected chi connectivity index (χ0v) is 10.0. The van der Waals surface area contributed by atoms with Crippen molar-refractivity contribution in [1.29, 1.82) is 5.26 Å². The Hall–Kier alpha value is -2.07. The van der Waals surface area contributed by atoms with Crippen molar-refractivity contribution in [3.63, 3.8) is 0 Å². The van der Waals surface area contributed by atoms with Crippen molar-refractivity contribution in [3.05, 3.63) is 34.4 Å². The van der Waals surface area contributed by atoms with Gasteiger partial charge >= 0.3 is 12.1 Å². The SMILES string of the molecule is COC(=O)Cc1cc(C#N)c(C(F)(F)F)c(CN)c1. The van der Waals surface area contributed by atoms with Crippen molar-refractivity contribution < 1.29 is 22.7 Å². The Morgan fingerprint density at radius 1 is 1.47 bits per heavy atom. The van der Waals surface area contributed by atoms with Gasteiger partial charge in [-0.3, -0.25) is 4.79 Å². The van der Waals surface area contributed by atoms with Gasteiger partial charge in [0.15, 0.2) is 0 Å². The first-order valence-electron chi connectivity index (χ1n) is 5.23. The van der Waals surface area contributed by atoms with Gasteiger partial charge < -0.3 is 10.5 Å².